The maximum Gasteiger partial charge on any atom is 0.238 e. The number of carbonyl (C=O) groups excluding carboxylic acids is 1. The first-order valence-corrected chi connectivity index (χ1v) is 7.33. The quantitative estimate of drug-likeness (QED) is 0.881. The van der Waals surface area contributed by atoms with Gasteiger partial charge in [0.15, 0.2) is 0 Å². The second-order valence-corrected chi connectivity index (χ2v) is 5.52. The van der Waals surface area contributed by atoms with E-state index >= 15 is 0 Å². The van der Waals surface area contributed by atoms with E-state index in [9.17, 15) is 4.79 Å². The largest absolute Gasteiger partial charge is 0.325 e. The van der Waals surface area contributed by atoms with Crippen molar-refractivity contribution in [3.63, 3.8) is 0 Å². The maximum absolute atomic E-state index is 11.4. The Morgan fingerprint density at radius 1 is 1.25 bits per heavy atom. The first kappa shape index (κ1) is 19.5. The van der Waals surface area contributed by atoms with Crippen LogP contribution in [0.3, 0.4) is 0 Å². The molecule has 1 heterocycles. The monoisotopic (exact) mass is 337 g/mol. The number of hydrogen-bond donors (Lipinski definition) is 2. The van der Waals surface area contributed by atoms with Crippen LogP contribution in [-0.4, -0.2) is 41.9 Å². The van der Waals surface area contributed by atoms with Gasteiger partial charge in [-0.2, -0.15) is 11.8 Å². The van der Waals surface area contributed by atoms with Gasteiger partial charge in [0.2, 0.25) is 5.91 Å². The van der Waals surface area contributed by atoms with Crippen LogP contribution in [0.5, 0.6) is 0 Å². The average molecular weight is 338 g/mol. The molecule has 2 rings (SSSR count). The maximum atomic E-state index is 11.4. The van der Waals surface area contributed by atoms with Gasteiger partial charge in [-0.1, -0.05) is 18.2 Å². The number of nitrogens with zero attached hydrogens (tertiary/aromatic N) is 1. The zero-order chi connectivity index (χ0) is 12.8. The van der Waals surface area contributed by atoms with Gasteiger partial charge in [-0.3, -0.25) is 9.69 Å². The van der Waals surface area contributed by atoms with Crippen molar-refractivity contribution < 1.29 is 4.79 Å². The Kier molecular flexibility index (Phi) is 10.1. The van der Waals surface area contributed by atoms with Crippen LogP contribution in [0.1, 0.15) is 5.56 Å². The number of para-hydroxylation sites is 1. The molecule has 0 atom stereocenters. The third-order valence-corrected chi connectivity index (χ3v) is 3.92. The Labute approximate surface area is 136 Å². The fraction of sp³-hybridized carbons (Fsp3) is 0.462. The van der Waals surface area contributed by atoms with Gasteiger partial charge in [0.1, 0.15) is 0 Å². The van der Waals surface area contributed by atoms with Gasteiger partial charge in [-0.05, 0) is 11.6 Å². The normalized spacial score (nSPS) is 14.8. The molecule has 0 bridgehead atoms. The van der Waals surface area contributed by atoms with Crippen LogP contribution in [0.2, 0.25) is 0 Å². The number of nitrogens with one attached hydrogen (secondary N) is 1. The Morgan fingerprint density at radius 3 is 2.55 bits per heavy atom. The Hall–Kier alpha value is -0.460. The Morgan fingerprint density at radius 2 is 1.90 bits per heavy atom. The SMILES string of the molecule is Cl.Cl.NCC(=O)Nc1ccccc1CN1CCSCC1. The fourth-order valence-electron chi connectivity index (χ4n) is 1.98. The highest BCUT2D eigenvalue weighted by Gasteiger charge is 2.13. The summed E-state index contributed by atoms with van der Waals surface area (Å²) in [4.78, 5) is 13.8. The molecule has 1 aliphatic rings. The first-order valence-electron chi connectivity index (χ1n) is 6.17. The van der Waals surface area contributed by atoms with E-state index in [4.69, 9.17) is 5.73 Å². The van der Waals surface area contributed by atoms with Crippen molar-refractivity contribution in [3.8, 4) is 0 Å². The molecule has 1 aliphatic heterocycles. The van der Waals surface area contributed by atoms with E-state index in [1.807, 2.05) is 30.0 Å². The molecule has 1 aromatic carbocycles. The number of amides is 1. The van der Waals surface area contributed by atoms with Crippen molar-refractivity contribution in [1.29, 1.82) is 0 Å². The van der Waals surface area contributed by atoms with E-state index in [0.717, 1.165) is 30.9 Å². The minimum atomic E-state index is -0.142. The molecule has 7 heteroatoms. The van der Waals surface area contributed by atoms with Crippen LogP contribution in [0.25, 0.3) is 0 Å². The smallest absolute Gasteiger partial charge is 0.238 e. The predicted octanol–water partition coefficient (Wildman–Crippen LogP) is 1.98. The summed E-state index contributed by atoms with van der Waals surface area (Å²) in [6.07, 6.45) is 0. The predicted molar refractivity (Wildman–Crippen MR) is 91.2 cm³/mol. The lowest BCUT2D eigenvalue weighted by molar-refractivity contribution is -0.114. The van der Waals surface area contributed by atoms with Crippen molar-refractivity contribution in [2.24, 2.45) is 5.73 Å². The number of thioether (sulfide) groups is 1. The molecular weight excluding hydrogens is 317 g/mol. The molecule has 4 nitrogen and oxygen atoms in total. The minimum Gasteiger partial charge on any atom is -0.325 e. The molecule has 1 saturated heterocycles. The van der Waals surface area contributed by atoms with Gasteiger partial charge < -0.3 is 11.1 Å². The Balaban J connectivity index is 0.00000180. The number of nitrogens with two attached hydrogens (primary N) is 1. The standard InChI is InChI=1S/C13H19N3OS.2ClH/c14-9-13(17)15-12-4-2-1-3-11(12)10-16-5-7-18-8-6-16;;/h1-4H,5-10,14H2,(H,15,17);2*1H. The van der Waals surface area contributed by atoms with Crippen LogP contribution in [0.15, 0.2) is 24.3 Å². The van der Waals surface area contributed by atoms with E-state index < -0.39 is 0 Å². The zero-order valence-corrected chi connectivity index (χ0v) is 13.7. The summed E-state index contributed by atoms with van der Waals surface area (Å²) in [5.41, 5.74) is 7.37. The van der Waals surface area contributed by atoms with Crippen LogP contribution in [-0.2, 0) is 11.3 Å². The number of anilines is 1. The van der Waals surface area contributed by atoms with Gasteiger partial charge in [0.25, 0.3) is 0 Å². The lowest BCUT2D eigenvalue weighted by Gasteiger charge is -2.27. The van der Waals surface area contributed by atoms with Crippen molar-refractivity contribution in [1.82, 2.24) is 4.90 Å². The number of benzene rings is 1. The van der Waals surface area contributed by atoms with Gasteiger partial charge in [0, 0.05) is 36.8 Å². The number of halogens is 2. The van der Waals surface area contributed by atoms with Gasteiger partial charge in [-0.15, -0.1) is 24.8 Å². The average Bonchev–Trinajstić information content (AvgIpc) is 2.42. The molecule has 0 aromatic heterocycles. The van der Waals surface area contributed by atoms with Gasteiger partial charge in [-0.25, -0.2) is 0 Å². The number of carbonyl (C=O) groups is 1. The molecular formula is C13H21Cl2N3OS. The fourth-order valence-corrected chi connectivity index (χ4v) is 2.96. The van der Waals surface area contributed by atoms with Crippen molar-refractivity contribution in [2.75, 3.05) is 36.5 Å². The molecule has 0 aliphatic carbocycles. The lowest BCUT2D eigenvalue weighted by Crippen LogP contribution is -2.32. The molecule has 20 heavy (non-hydrogen) atoms. The summed E-state index contributed by atoms with van der Waals surface area (Å²) in [5, 5.41) is 2.85. The second-order valence-electron chi connectivity index (χ2n) is 4.30. The third kappa shape index (κ3) is 5.89. The second kappa shape index (κ2) is 10.3. The van der Waals surface area contributed by atoms with Crippen molar-refractivity contribution >= 4 is 48.2 Å². The zero-order valence-electron chi connectivity index (χ0n) is 11.2. The topological polar surface area (TPSA) is 58.4 Å². The van der Waals surface area contributed by atoms with E-state index in [0.29, 0.717) is 0 Å². The summed E-state index contributed by atoms with van der Waals surface area (Å²) >= 11 is 2.00. The third-order valence-electron chi connectivity index (χ3n) is 2.97. The van der Waals surface area contributed by atoms with E-state index in [1.165, 1.54) is 11.5 Å². The molecule has 0 saturated carbocycles. The molecule has 1 aromatic rings. The summed E-state index contributed by atoms with van der Waals surface area (Å²) < 4.78 is 0. The van der Waals surface area contributed by atoms with E-state index in [1.54, 1.807) is 0 Å². The highest BCUT2D eigenvalue weighted by Crippen LogP contribution is 2.19. The van der Waals surface area contributed by atoms with E-state index in [2.05, 4.69) is 16.3 Å². The van der Waals surface area contributed by atoms with Crippen molar-refractivity contribution in [3.05, 3.63) is 29.8 Å². The molecule has 1 fully saturated rings. The summed E-state index contributed by atoms with van der Waals surface area (Å²) in [5.74, 6) is 2.24. The lowest BCUT2D eigenvalue weighted by atomic mass is 10.1. The Bertz CT molecular complexity index is 414. The minimum absolute atomic E-state index is 0. The molecule has 1 amide bonds. The molecule has 114 valence electrons. The summed E-state index contributed by atoms with van der Waals surface area (Å²) in [6, 6.07) is 7.93. The highest BCUT2D eigenvalue weighted by molar-refractivity contribution is 7.99. The number of rotatable bonds is 4. The summed E-state index contributed by atoms with van der Waals surface area (Å²) in [7, 11) is 0. The van der Waals surface area contributed by atoms with Gasteiger partial charge >= 0.3 is 0 Å². The molecule has 0 radical (unpaired) electrons. The highest BCUT2D eigenvalue weighted by atomic mass is 35.5. The molecule has 0 unspecified atom stereocenters. The van der Waals surface area contributed by atoms with Crippen LogP contribution >= 0.6 is 36.6 Å². The first-order chi connectivity index (χ1) is 8.79. The molecule has 3 N–H and O–H groups in total. The van der Waals surface area contributed by atoms with Crippen LogP contribution in [0.4, 0.5) is 5.69 Å². The number of hydrogen-bond acceptors (Lipinski definition) is 4. The van der Waals surface area contributed by atoms with Gasteiger partial charge in [0.05, 0.1) is 6.54 Å². The van der Waals surface area contributed by atoms with E-state index in [-0.39, 0.29) is 37.3 Å². The molecule has 0 spiro atoms. The summed E-state index contributed by atoms with van der Waals surface area (Å²) in [6.45, 7) is 3.14. The van der Waals surface area contributed by atoms with Crippen LogP contribution in [0, 0.1) is 0 Å². The van der Waals surface area contributed by atoms with Crippen molar-refractivity contribution in [2.45, 2.75) is 6.54 Å². The van der Waals surface area contributed by atoms with Crippen LogP contribution < -0.4 is 11.1 Å².